The van der Waals surface area contributed by atoms with E-state index in [1.165, 1.54) is 24.3 Å². The molecule has 17 heavy (non-hydrogen) atoms. The van der Waals surface area contributed by atoms with Crippen LogP contribution in [-0.4, -0.2) is 17.9 Å². The third kappa shape index (κ3) is 2.90. The van der Waals surface area contributed by atoms with Crippen LogP contribution in [0.3, 0.4) is 0 Å². The summed E-state index contributed by atoms with van der Waals surface area (Å²) in [6.45, 7) is 0. The molecule has 0 radical (unpaired) electrons. The Morgan fingerprint density at radius 3 is 2.59 bits per heavy atom. The molecule has 0 saturated heterocycles. The SMILES string of the molecule is O=C(O[C@H]1CCCCC1=O)c1ccc(F)cc1. The van der Waals surface area contributed by atoms with Crippen LogP contribution >= 0.6 is 0 Å². The molecule has 90 valence electrons. The fourth-order valence-corrected chi connectivity index (χ4v) is 1.86. The molecule has 1 atom stereocenters. The second-order valence-corrected chi connectivity index (χ2v) is 4.11. The molecule has 0 bridgehead atoms. The number of carbonyl (C=O) groups excluding carboxylic acids is 2. The van der Waals surface area contributed by atoms with Crippen molar-refractivity contribution in [3.8, 4) is 0 Å². The summed E-state index contributed by atoms with van der Waals surface area (Å²) in [7, 11) is 0. The molecule has 2 rings (SSSR count). The van der Waals surface area contributed by atoms with Crippen LogP contribution in [0.1, 0.15) is 36.0 Å². The van der Waals surface area contributed by atoms with Gasteiger partial charge in [-0.15, -0.1) is 0 Å². The number of rotatable bonds is 2. The monoisotopic (exact) mass is 236 g/mol. The van der Waals surface area contributed by atoms with E-state index in [0.717, 1.165) is 12.8 Å². The summed E-state index contributed by atoms with van der Waals surface area (Å²) in [6, 6.07) is 5.09. The Balaban J connectivity index is 2.01. The van der Waals surface area contributed by atoms with E-state index in [1.807, 2.05) is 0 Å². The first kappa shape index (κ1) is 11.8. The molecular formula is C13H13FO3. The Hall–Kier alpha value is -1.71. The number of Topliss-reactive ketones (excluding diaryl/α,β-unsaturated/α-hetero) is 1. The van der Waals surface area contributed by atoms with Crippen molar-refractivity contribution in [3.05, 3.63) is 35.6 Å². The topological polar surface area (TPSA) is 43.4 Å². The number of ether oxygens (including phenoxy) is 1. The fourth-order valence-electron chi connectivity index (χ4n) is 1.86. The first-order valence-corrected chi connectivity index (χ1v) is 5.66. The fraction of sp³-hybridized carbons (Fsp3) is 0.385. The average Bonchev–Trinajstić information content (AvgIpc) is 2.33. The van der Waals surface area contributed by atoms with Gasteiger partial charge in [0, 0.05) is 6.42 Å². The number of halogens is 1. The lowest BCUT2D eigenvalue weighted by atomic mass is 9.96. The van der Waals surface area contributed by atoms with Crippen molar-refractivity contribution in [1.29, 1.82) is 0 Å². The first-order chi connectivity index (χ1) is 8.16. The molecule has 0 N–H and O–H groups in total. The van der Waals surface area contributed by atoms with Gasteiger partial charge in [-0.25, -0.2) is 9.18 Å². The standard InChI is InChI=1S/C13H13FO3/c14-10-7-5-9(6-8-10)13(16)17-12-4-2-1-3-11(12)15/h5-8,12H,1-4H2/t12-/m0/s1. The molecule has 1 aromatic carbocycles. The van der Waals surface area contributed by atoms with Gasteiger partial charge < -0.3 is 4.74 Å². The predicted octanol–water partition coefficient (Wildman–Crippen LogP) is 2.49. The number of hydrogen-bond donors (Lipinski definition) is 0. The van der Waals surface area contributed by atoms with Gasteiger partial charge in [-0.2, -0.15) is 0 Å². The van der Waals surface area contributed by atoms with Gasteiger partial charge in [0.15, 0.2) is 11.9 Å². The molecule has 0 unspecified atom stereocenters. The maximum Gasteiger partial charge on any atom is 0.338 e. The highest BCUT2D eigenvalue weighted by atomic mass is 19.1. The zero-order chi connectivity index (χ0) is 12.3. The highest BCUT2D eigenvalue weighted by Gasteiger charge is 2.26. The maximum absolute atomic E-state index is 12.7. The molecule has 4 heteroatoms. The van der Waals surface area contributed by atoms with Crippen molar-refractivity contribution in [1.82, 2.24) is 0 Å². The van der Waals surface area contributed by atoms with E-state index in [2.05, 4.69) is 0 Å². The number of carbonyl (C=O) groups is 2. The van der Waals surface area contributed by atoms with Crippen molar-refractivity contribution in [2.45, 2.75) is 31.8 Å². The largest absolute Gasteiger partial charge is 0.451 e. The summed E-state index contributed by atoms with van der Waals surface area (Å²) in [5.41, 5.74) is 0.268. The van der Waals surface area contributed by atoms with Crippen molar-refractivity contribution in [2.75, 3.05) is 0 Å². The van der Waals surface area contributed by atoms with Gasteiger partial charge in [-0.1, -0.05) is 0 Å². The van der Waals surface area contributed by atoms with E-state index < -0.39 is 17.9 Å². The van der Waals surface area contributed by atoms with E-state index in [1.54, 1.807) is 0 Å². The molecule has 0 amide bonds. The second-order valence-electron chi connectivity index (χ2n) is 4.11. The van der Waals surface area contributed by atoms with Crippen molar-refractivity contribution < 1.29 is 18.7 Å². The van der Waals surface area contributed by atoms with Crippen LogP contribution in [-0.2, 0) is 9.53 Å². The molecule has 3 nitrogen and oxygen atoms in total. The zero-order valence-corrected chi connectivity index (χ0v) is 9.32. The van der Waals surface area contributed by atoms with Crippen molar-refractivity contribution in [3.63, 3.8) is 0 Å². The number of esters is 1. The van der Waals surface area contributed by atoms with Crippen LogP contribution in [0, 0.1) is 5.82 Å². The summed E-state index contributed by atoms with van der Waals surface area (Å²) < 4.78 is 17.8. The van der Waals surface area contributed by atoms with Crippen molar-refractivity contribution in [2.24, 2.45) is 0 Å². The lowest BCUT2D eigenvalue weighted by molar-refractivity contribution is -0.129. The Bertz CT molecular complexity index is 425. The summed E-state index contributed by atoms with van der Waals surface area (Å²) >= 11 is 0. The van der Waals surface area contributed by atoms with Gasteiger partial charge in [0.25, 0.3) is 0 Å². The third-order valence-corrected chi connectivity index (χ3v) is 2.83. The molecule has 0 heterocycles. The lowest BCUT2D eigenvalue weighted by Gasteiger charge is -2.20. The Morgan fingerprint density at radius 2 is 1.94 bits per heavy atom. The second kappa shape index (κ2) is 5.08. The van der Waals surface area contributed by atoms with Crippen LogP contribution < -0.4 is 0 Å². The highest BCUT2D eigenvalue weighted by Crippen LogP contribution is 2.18. The molecular weight excluding hydrogens is 223 g/mol. The van der Waals surface area contributed by atoms with E-state index >= 15 is 0 Å². The normalized spacial score (nSPS) is 20.1. The molecule has 0 aromatic heterocycles. The lowest BCUT2D eigenvalue weighted by Crippen LogP contribution is -2.30. The minimum atomic E-state index is -0.624. The molecule has 1 aliphatic rings. The van der Waals surface area contributed by atoms with Gasteiger partial charge in [-0.05, 0) is 43.5 Å². The summed E-state index contributed by atoms with van der Waals surface area (Å²) in [5, 5.41) is 0. The predicted molar refractivity (Wildman–Crippen MR) is 59.1 cm³/mol. The van der Waals surface area contributed by atoms with Crippen LogP contribution in [0.15, 0.2) is 24.3 Å². The quantitative estimate of drug-likeness (QED) is 0.741. The Morgan fingerprint density at radius 1 is 1.24 bits per heavy atom. The summed E-state index contributed by atoms with van der Waals surface area (Å²) in [5.74, 6) is -0.993. The minimum Gasteiger partial charge on any atom is -0.451 e. The van der Waals surface area contributed by atoms with Gasteiger partial charge in [0.05, 0.1) is 5.56 Å². The van der Waals surface area contributed by atoms with Crippen LogP contribution in [0.4, 0.5) is 4.39 Å². The van der Waals surface area contributed by atoms with Crippen LogP contribution in [0.2, 0.25) is 0 Å². The van der Waals surface area contributed by atoms with Gasteiger partial charge >= 0.3 is 5.97 Å². The summed E-state index contributed by atoms with van der Waals surface area (Å²) in [6.07, 6.45) is 2.20. The molecule has 0 spiro atoms. The van der Waals surface area contributed by atoms with Gasteiger partial charge in [0.2, 0.25) is 0 Å². The minimum absolute atomic E-state index is 0.0216. The number of benzene rings is 1. The molecule has 1 saturated carbocycles. The van der Waals surface area contributed by atoms with Gasteiger partial charge in [0.1, 0.15) is 5.82 Å². The molecule has 1 fully saturated rings. The van der Waals surface area contributed by atoms with Crippen LogP contribution in [0.5, 0.6) is 0 Å². The summed E-state index contributed by atoms with van der Waals surface area (Å²) in [4.78, 5) is 23.2. The smallest absolute Gasteiger partial charge is 0.338 e. The van der Waals surface area contributed by atoms with E-state index in [9.17, 15) is 14.0 Å². The molecule has 1 aromatic rings. The zero-order valence-electron chi connectivity index (χ0n) is 9.32. The third-order valence-electron chi connectivity index (χ3n) is 2.83. The van der Waals surface area contributed by atoms with Crippen molar-refractivity contribution >= 4 is 11.8 Å². The number of hydrogen-bond acceptors (Lipinski definition) is 3. The number of ketones is 1. The average molecular weight is 236 g/mol. The van der Waals surface area contributed by atoms with Gasteiger partial charge in [-0.3, -0.25) is 4.79 Å². The maximum atomic E-state index is 12.7. The van der Waals surface area contributed by atoms with E-state index in [-0.39, 0.29) is 11.3 Å². The molecule has 1 aliphatic carbocycles. The highest BCUT2D eigenvalue weighted by molar-refractivity contribution is 5.92. The van der Waals surface area contributed by atoms with E-state index in [4.69, 9.17) is 4.74 Å². The first-order valence-electron chi connectivity index (χ1n) is 5.66. The Kier molecular flexibility index (Phi) is 3.52. The Labute approximate surface area is 98.6 Å². The van der Waals surface area contributed by atoms with E-state index in [0.29, 0.717) is 12.8 Å². The van der Waals surface area contributed by atoms with Crippen LogP contribution in [0.25, 0.3) is 0 Å². The molecule has 0 aliphatic heterocycles.